The van der Waals surface area contributed by atoms with Crippen LogP contribution >= 0.6 is 0 Å². The minimum absolute atomic E-state index is 0.148. The van der Waals surface area contributed by atoms with Crippen molar-refractivity contribution in [2.24, 2.45) is 0 Å². The van der Waals surface area contributed by atoms with Crippen LogP contribution < -0.4 is 24.7 Å². The van der Waals surface area contributed by atoms with Crippen LogP contribution in [0.5, 0.6) is 23.0 Å². The molecule has 7 nitrogen and oxygen atoms in total. The fraction of sp³-hybridized carbons (Fsp3) is 0.268. The molecule has 250 valence electrons. The molecule has 0 aliphatic rings. The molecule has 48 heavy (non-hydrogen) atoms. The van der Waals surface area contributed by atoms with Crippen LogP contribution in [0, 0.1) is 0 Å². The summed E-state index contributed by atoms with van der Waals surface area (Å²) in [6.07, 6.45) is 1.18. The van der Waals surface area contributed by atoms with E-state index in [0.717, 1.165) is 43.0 Å². The van der Waals surface area contributed by atoms with Gasteiger partial charge in [0.25, 0.3) is 0 Å². The first-order valence-electron chi connectivity index (χ1n) is 16.4. The van der Waals surface area contributed by atoms with Crippen LogP contribution in [0.25, 0.3) is 0 Å². The van der Waals surface area contributed by atoms with Crippen molar-refractivity contribution in [2.75, 3.05) is 39.6 Å². The summed E-state index contributed by atoms with van der Waals surface area (Å²) >= 11 is 0. The summed E-state index contributed by atoms with van der Waals surface area (Å²) in [6.45, 7) is 2.60. The number of anilines is 1. The normalized spacial score (nSPS) is 11.8. The van der Waals surface area contributed by atoms with Gasteiger partial charge in [0.1, 0.15) is 42.3 Å². The molecular formula is C41H46N2O5. The lowest BCUT2D eigenvalue weighted by molar-refractivity contribution is 0.0648. The number of aliphatic hydroxyl groups excluding tert-OH is 1. The van der Waals surface area contributed by atoms with Gasteiger partial charge in [0, 0.05) is 25.1 Å². The van der Waals surface area contributed by atoms with Crippen LogP contribution in [-0.2, 0) is 13.2 Å². The molecule has 0 spiro atoms. The van der Waals surface area contributed by atoms with Gasteiger partial charge < -0.3 is 29.8 Å². The Morgan fingerprint density at radius 1 is 0.667 bits per heavy atom. The van der Waals surface area contributed by atoms with E-state index in [2.05, 4.69) is 41.3 Å². The van der Waals surface area contributed by atoms with E-state index in [1.807, 2.05) is 84.9 Å². The molecule has 0 unspecified atom stereocenters. The number of nitrogens with two attached hydrogens (primary N) is 1. The maximum atomic E-state index is 11.1. The van der Waals surface area contributed by atoms with E-state index in [4.69, 9.17) is 24.7 Å². The van der Waals surface area contributed by atoms with Crippen molar-refractivity contribution in [3.05, 3.63) is 150 Å². The van der Waals surface area contributed by atoms with E-state index >= 15 is 0 Å². The van der Waals surface area contributed by atoms with Crippen LogP contribution in [0.15, 0.2) is 127 Å². The maximum absolute atomic E-state index is 11.1. The Morgan fingerprint density at radius 3 is 1.79 bits per heavy atom. The van der Waals surface area contributed by atoms with Crippen molar-refractivity contribution in [1.82, 2.24) is 4.90 Å². The molecule has 0 bridgehead atoms. The van der Waals surface area contributed by atoms with Crippen LogP contribution in [0.3, 0.4) is 0 Å². The van der Waals surface area contributed by atoms with E-state index < -0.39 is 6.10 Å². The van der Waals surface area contributed by atoms with Gasteiger partial charge >= 0.3 is 0 Å². The van der Waals surface area contributed by atoms with Gasteiger partial charge in [-0.2, -0.15) is 0 Å². The standard InChI is InChI=1S/C41H46N2O5/c1-45-36-19-15-33(16-20-36)39(34-17-21-37(46-2)22-18-34)14-9-25-43(27-31-10-5-3-6-11-31)28-35(44)30-47-38-23-24-41(40(42)26-38)48-29-32-12-7-4-8-13-32/h3-8,10-13,15-24,26,35,39,44H,9,14,25,27-30,42H2,1-2H3/t35-/m1/s1. The predicted molar refractivity (Wildman–Crippen MR) is 192 cm³/mol. The summed E-state index contributed by atoms with van der Waals surface area (Å²) in [5, 5.41) is 11.1. The number of aliphatic hydroxyl groups is 1. The zero-order chi connectivity index (χ0) is 33.6. The summed E-state index contributed by atoms with van der Waals surface area (Å²) in [7, 11) is 3.37. The fourth-order valence-electron chi connectivity index (χ4n) is 5.82. The van der Waals surface area contributed by atoms with E-state index in [1.54, 1.807) is 20.3 Å². The maximum Gasteiger partial charge on any atom is 0.142 e. The third-order valence-corrected chi connectivity index (χ3v) is 8.38. The summed E-state index contributed by atoms with van der Waals surface area (Å²) in [5.41, 5.74) is 11.5. The van der Waals surface area contributed by atoms with Gasteiger partial charge in [-0.1, -0.05) is 84.9 Å². The largest absolute Gasteiger partial charge is 0.497 e. The highest BCUT2D eigenvalue weighted by Gasteiger charge is 2.18. The minimum atomic E-state index is -0.692. The Hall–Kier alpha value is -4.98. The first-order valence-corrected chi connectivity index (χ1v) is 16.4. The molecule has 5 aromatic carbocycles. The van der Waals surface area contributed by atoms with E-state index in [0.29, 0.717) is 30.3 Å². The molecule has 5 rings (SSSR count). The summed E-state index contributed by atoms with van der Waals surface area (Å²) in [4.78, 5) is 2.30. The molecule has 1 atom stereocenters. The number of nitrogens with zero attached hydrogens (tertiary/aromatic N) is 1. The molecule has 0 amide bonds. The van der Waals surface area contributed by atoms with E-state index in [9.17, 15) is 5.11 Å². The van der Waals surface area contributed by atoms with Crippen LogP contribution in [0.1, 0.15) is 41.0 Å². The van der Waals surface area contributed by atoms with Gasteiger partial charge in [0.05, 0.1) is 19.9 Å². The van der Waals surface area contributed by atoms with Crippen molar-refractivity contribution in [3.63, 3.8) is 0 Å². The molecule has 0 radical (unpaired) electrons. The van der Waals surface area contributed by atoms with Crippen molar-refractivity contribution in [1.29, 1.82) is 0 Å². The number of benzene rings is 5. The van der Waals surface area contributed by atoms with Crippen LogP contribution in [0.2, 0.25) is 0 Å². The van der Waals surface area contributed by atoms with Crippen molar-refractivity contribution in [2.45, 2.75) is 38.0 Å². The first kappa shape index (κ1) is 34.4. The molecule has 0 saturated carbocycles. The zero-order valence-electron chi connectivity index (χ0n) is 27.8. The van der Waals surface area contributed by atoms with Gasteiger partial charge in [0.2, 0.25) is 0 Å². The molecule has 7 heteroatoms. The molecule has 0 saturated heterocycles. The molecule has 5 aromatic rings. The Balaban J connectivity index is 1.20. The van der Waals surface area contributed by atoms with Gasteiger partial charge in [-0.15, -0.1) is 0 Å². The lowest BCUT2D eigenvalue weighted by atomic mass is 9.87. The fourth-order valence-corrected chi connectivity index (χ4v) is 5.82. The Kier molecular flexibility index (Phi) is 12.7. The van der Waals surface area contributed by atoms with Gasteiger partial charge in [-0.3, -0.25) is 4.90 Å². The van der Waals surface area contributed by atoms with Crippen molar-refractivity contribution < 1.29 is 24.1 Å². The number of ether oxygens (including phenoxy) is 4. The Bertz CT molecular complexity index is 1600. The highest BCUT2D eigenvalue weighted by Crippen LogP contribution is 2.32. The average Bonchev–Trinajstić information content (AvgIpc) is 3.13. The minimum Gasteiger partial charge on any atom is -0.497 e. The third kappa shape index (κ3) is 10.3. The lowest BCUT2D eigenvalue weighted by Gasteiger charge is -2.27. The summed E-state index contributed by atoms with van der Waals surface area (Å²) < 4.78 is 22.7. The molecule has 0 aromatic heterocycles. The van der Waals surface area contributed by atoms with Crippen molar-refractivity contribution in [3.8, 4) is 23.0 Å². The Labute approximate surface area is 284 Å². The van der Waals surface area contributed by atoms with Gasteiger partial charge in [0.15, 0.2) is 0 Å². The molecule has 0 aliphatic heterocycles. The van der Waals surface area contributed by atoms with Gasteiger partial charge in [-0.05, 0) is 78.0 Å². The highest BCUT2D eigenvalue weighted by atomic mass is 16.5. The number of hydrogen-bond acceptors (Lipinski definition) is 7. The molecule has 0 heterocycles. The van der Waals surface area contributed by atoms with E-state index in [1.165, 1.54) is 16.7 Å². The van der Waals surface area contributed by atoms with E-state index in [-0.39, 0.29) is 12.5 Å². The third-order valence-electron chi connectivity index (χ3n) is 8.38. The summed E-state index contributed by atoms with van der Waals surface area (Å²) in [6, 6.07) is 42.3. The number of hydrogen-bond donors (Lipinski definition) is 2. The Morgan fingerprint density at radius 2 is 1.23 bits per heavy atom. The summed E-state index contributed by atoms with van der Waals surface area (Å²) in [5.74, 6) is 3.08. The lowest BCUT2D eigenvalue weighted by Crippen LogP contribution is -2.36. The monoisotopic (exact) mass is 646 g/mol. The SMILES string of the molecule is COc1ccc(C(CCCN(Cc2ccccc2)C[C@@H](O)COc2ccc(OCc3ccccc3)c(N)c2)c2ccc(OC)cc2)cc1. The zero-order valence-corrected chi connectivity index (χ0v) is 27.8. The average molecular weight is 647 g/mol. The molecular weight excluding hydrogens is 600 g/mol. The number of methoxy groups -OCH3 is 2. The smallest absolute Gasteiger partial charge is 0.142 e. The van der Waals surface area contributed by atoms with Crippen LogP contribution in [-0.4, -0.2) is 50.0 Å². The van der Waals surface area contributed by atoms with Gasteiger partial charge in [-0.25, -0.2) is 0 Å². The second kappa shape index (κ2) is 17.8. The quantitative estimate of drug-likeness (QED) is 0.0943. The predicted octanol–water partition coefficient (Wildman–Crippen LogP) is 7.72. The van der Waals surface area contributed by atoms with Crippen molar-refractivity contribution >= 4 is 5.69 Å². The topological polar surface area (TPSA) is 86.4 Å². The van der Waals surface area contributed by atoms with Crippen LogP contribution in [0.4, 0.5) is 5.69 Å². The molecule has 0 fully saturated rings. The molecule has 3 N–H and O–H groups in total. The second-order valence-corrected chi connectivity index (χ2v) is 11.9. The second-order valence-electron chi connectivity index (χ2n) is 11.9. The highest BCUT2D eigenvalue weighted by molar-refractivity contribution is 5.56. The number of nitrogen functional groups attached to an aromatic ring is 1. The molecule has 0 aliphatic carbocycles. The number of rotatable bonds is 18. The first-order chi connectivity index (χ1) is 23.5.